The average Bonchev–Trinajstić information content (AvgIpc) is 3.40. The average molecular weight is 556 g/mol. The van der Waals surface area contributed by atoms with Gasteiger partial charge in [0.05, 0.1) is 37.2 Å². The van der Waals surface area contributed by atoms with Crippen molar-refractivity contribution in [2.45, 2.75) is 75.1 Å². The van der Waals surface area contributed by atoms with Gasteiger partial charge in [0, 0.05) is 17.9 Å². The number of fused-ring (bicyclic) bond motifs is 1. The third-order valence-corrected chi connectivity index (χ3v) is 8.40. The highest BCUT2D eigenvalue weighted by Gasteiger charge is 2.77. The van der Waals surface area contributed by atoms with Crippen molar-refractivity contribution in [2.24, 2.45) is 17.8 Å². The number of amides is 2. The maximum Gasteiger partial charge on any atom is 0.312 e. The Kier molecular flexibility index (Phi) is 9.21. The molecule has 35 heavy (non-hydrogen) atoms. The first-order chi connectivity index (χ1) is 16.7. The number of nitrogens with zero attached hydrogens (tertiary/aromatic N) is 2. The molecule has 3 saturated heterocycles. The summed E-state index contributed by atoms with van der Waals surface area (Å²) >= 11 is 3.66. The number of aliphatic hydroxyl groups excluding tert-OH is 1. The molecule has 0 aromatic carbocycles. The number of unbranched alkanes of at least 4 members (excludes halogenated alkanes) is 1. The van der Waals surface area contributed by atoms with E-state index >= 15 is 0 Å². The molecule has 3 fully saturated rings. The number of alkyl halides is 1. The van der Waals surface area contributed by atoms with E-state index in [0.29, 0.717) is 25.9 Å². The van der Waals surface area contributed by atoms with Gasteiger partial charge in [0.2, 0.25) is 11.8 Å². The summed E-state index contributed by atoms with van der Waals surface area (Å²) in [6.45, 7) is 14.1. The Morgan fingerprint density at radius 2 is 2.09 bits per heavy atom. The Morgan fingerprint density at radius 1 is 1.37 bits per heavy atom. The maximum absolute atomic E-state index is 14.1. The van der Waals surface area contributed by atoms with Crippen LogP contribution < -0.4 is 0 Å². The molecule has 8 nitrogen and oxygen atoms in total. The van der Waals surface area contributed by atoms with Gasteiger partial charge in [-0.3, -0.25) is 14.4 Å². The smallest absolute Gasteiger partial charge is 0.312 e. The third-order valence-electron chi connectivity index (χ3n) is 7.56. The number of carbonyl (C=O) groups excluding carboxylic acids is 3. The molecule has 0 aliphatic carbocycles. The van der Waals surface area contributed by atoms with Crippen molar-refractivity contribution in [3.05, 3.63) is 25.3 Å². The second-order valence-corrected chi connectivity index (χ2v) is 11.3. The number of carbonyl (C=O) groups is 3. The monoisotopic (exact) mass is 554 g/mol. The van der Waals surface area contributed by atoms with Crippen molar-refractivity contribution in [1.82, 2.24) is 9.80 Å². The number of aliphatic hydroxyl groups is 1. The first-order valence-corrected chi connectivity index (χ1v) is 13.5. The van der Waals surface area contributed by atoms with Crippen LogP contribution in [0, 0.1) is 17.8 Å². The van der Waals surface area contributed by atoms with E-state index in [9.17, 15) is 19.5 Å². The number of esters is 1. The fraction of sp³-hybridized carbons (Fsp3) is 0.731. The van der Waals surface area contributed by atoms with Crippen LogP contribution >= 0.6 is 15.9 Å². The van der Waals surface area contributed by atoms with E-state index in [0.717, 1.165) is 12.8 Å². The van der Waals surface area contributed by atoms with Crippen LogP contribution in [0.3, 0.4) is 0 Å². The lowest BCUT2D eigenvalue weighted by Crippen LogP contribution is -2.60. The number of likely N-dealkylation sites (tertiary alicyclic amines) is 1. The van der Waals surface area contributed by atoms with E-state index in [-0.39, 0.29) is 35.8 Å². The zero-order chi connectivity index (χ0) is 25.9. The Labute approximate surface area is 216 Å². The summed E-state index contributed by atoms with van der Waals surface area (Å²) in [5, 5.41) is 10.3. The molecule has 3 rings (SSSR count). The normalized spacial score (nSPS) is 32.0. The molecule has 2 bridgehead atoms. The van der Waals surface area contributed by atoms with Gasteiger partial charge in [-0.25, -0.2) is 0 Å². The van der Waals surface area contributed by atoms with Crippen LogP contribution in [0.15, 0.2) is 25.3 Å². The molecule has 7 atom stereocenters. The quantitative estimate of drug-likeness (QED) is 0.163. The molecule has 0 saturated carbocycles. The standard InChI is InChI=1S/C26H39BrN2O6/c1-6-9-12-28(11-8-3)24(32)22-26-14-17(27)21(35-26)19(25(33)34-13-10-7-2)20(26)23(31)29(22)18(15-30)16(4)5/h7-8,16-22,30H,2-3,6,9-15H2,1,4-5H3/t17?,18-,19-,20-,21-,22?,26?/m0/s1. The van der Waals surface area contributed by atoms with Gasteiger partial charge in [0.1, 0.15) is 11.6 Å². The SMILES string of the molecule is C=CCCOC(=O)[C@H]1[C@H]2C(=O)N([C@@H](CO)C(C)C)C(C(=O)N(CC=C)CCCC)C23CC(Br)[C@@H]1O3. The van der Waals surface area contributed by atoms with Crippen LogP contribution in [-0.4, -0.2) is 87.6 Å². The van der Waals surface area contributed by atoms with Crippen molar-refractivity contribution < 1.29 is 29.0 Å². The Bertz CT molecular complexity index is 835. The minimum Gasteiger partial charge on any atom is -0.465 e. The molecule has 0 aromatic heterocycles. The Balaban J connectivity index is 2.07. The first-order valence-electron chi connectivity index (χ1n) is 12.6. The first kappa shape index (κ1) is 27.9. The molecular formula is C26H39BrN2O6. The number of hydrogen-bond donors (Lipinski definition) is 1. The second kappa shape index (κ2) is 11.6. The van der Waals surface area contributed by atoms with E-state index in [1.807, 2.05) is 13.8 Å². The summed E-state index contributed by atoms with van der Waals surface area (Å²) < 4.78 is 12.0. The van der Waals surface area contributed by atoms with E-state index in [1.165, 1.54) is 4.90 Å². The summed E-state index contributed by atoms with van der Waals surface area (Å²) in [5.41, 5.74) is -1.16. The van der Waals surface area contributed by atoms with E-state index in [4.69, 9.17) is 9.47 Å². The van der Waals surface area contributed by atoms with Gasteiger partial charge in [-0.15, -0.1) is 13.2 Å². The van der Waals surface area contributed by atoms with E-state index in [2.05, 4.69) is 36.0 Å². The molecule has 3 aliphatic heterocycles. The molecule has 1 N–H and O–H groups in total. The van der Waals surface area contributed by atoms with Crippen LogP contribution in [0.25, 0.3) is 0 Å². The number of halogens is 1. The summed E-state index contributed by atoms with van der Waals surface area (Å²) in [4.78, 5) is 44.4. The van der Waals surface area contributed by atoms with Gasteiger partial charge in [-0.2, -0.15) is 0 Å². The topological polar surface area (TPSA) is 96.4 Å². The molecule has 196 valence electrons. The molecule has 3 aliphatic rings. The van der Waals surface area contributed by atoms with Crippen molar-refractivity contribution >= 4 is 33.7 Å². The molecule has 1 spiro atoms. The molecule has 3 unspecified atom stereocenters. The van der Waals surface area contributed by atoms with Crippen molar-refractivity contribution in [3.63, 3.8) is 0 Å². The molecule has 0 radical (unpaired) electrons. The summed E-state index contributed by atoms with van der Waals surface area (Å²) in [6.07, 6.45) is 5.43. The van der Waals surface area contributed by atoms with Crippen LogP contribution in [0.4, 0.5) is 0 Å². The Morgan fingerprint density at radius 3 is 2.66 bits per heavy atom. The van der Waals surface area contributed by atoms with Crippen LogP contribution in [0.2, 0.25) is 0 Å². The van der Waals surface area contributed by atoms with Gasteiger partial charge < -0.3 is 24.4 Å². The van der Waals surface area contributed by atoms with Crippen LogP contribution in [0.1, 0.15) is 46.5 Å². The maximum atomic E-state index is 14.1. The second-order valence-electron chi connectivity index (χ2n) is 10.1. The number of rotatable bonds is 13. The fourth-order valence-electron chi connectivity index (χ4n) is 5.90. The number of ether oxygens (including phenoxy) is 2. The lowest BCUT2D eigenvalue weighted by Gasteiger charge is -2.40. The van der Waals surface area contributed by atoms with Crippen molar-refractivity contribution in [3.8, 4) is 0 Å². The molecule has 0 aromatic rings. The minimum atomic E-state index is -1.16. The molecule has 9 heteroatoms. The summed E-state index contributed by atoms with van der Waals surface area (Å²) in [5.74, 6) is -2.80. The fourth-order valence-corrected chi connectivity index (χ4v) is 6.84. The Hall–Kier alpha value is -1.71. The lowest BCUT2D eigenvalue weighted by molar-refractivity contribution is -0.157. The van der Waals surface area contributed by atoms with Gasteiger partial charge >= 0.3 is 5.97 Å². The highest BCUT2D eigenvalue weighted by Crippen LogP contribution is 2.60. The van der Waals surface area contributed by atoms with E-state index < -0.39 is 41.6 Å². The lowest BCUT2D eigenvalue weighted by atomic mass is 9.70. The zero-order valence-electron chi connectivity index (χ0n) is 21.0. The van der Waals surface area contributed by atoms with Crippen molar-refractivity contribution in [2.75, 3.05) is 26.3 Å². The largest absolute Gasteiger partial charge is 0.465 e. The molecular weight excluding hydrogens is 516 g/mol. The minimum absolute atomic E-state index is 0.104. The van der Waals surface area contributed by atoms with Crippen LogP contribution in [-0.2, 0) is 23.9 Å². The predicted molar refractivity (Wildman–Crippen MR) is 136 cm³/mol. The van der Waals surface area contributed by atoms with Crippen molar-refractivity contribution in [1.29, 1.82) is 0 Å². The van der Waals surface area contributed by atoms with E-state index in [1.54, 1.807) is 17.1 Å². The predicted octanol–water partition coefficient (Wildman–Crippen LogP) is 2.69. The van der Waals surface area contributed by atoms with Gasteiger partial charge in [0.25, 0.3) is 0 Å². The number of hydrogen-bond acceptors (Lipinski definition) is 6. The van der Waals surface area contributed by atoms with Crippen LogP contribution in [0.5, 0.6) is 0 Å². The third kappa shape index (κ3) is 4.83. The molecule has 2 amide bonds. The highest BCUT2D eigenvalue weighted by atomic mass is 79.9. The van der Waals surface area contributed by atoms with Gasteiger partial charge in [-0.1, -0.05) is 55.3 Å². The van der Waals surface area contributed by atoms with Gasteiger partial charge in [0.15, 0.2) is 0 Å². The highest BCUT2D eigenvalue weighted by molar-refractivity contribution is 9.09. The summed E-state index contributed by atoms with van der Waals surface area (Å²) in [6, 6.07) is -1.52. The zero-order valence-corrected chi connectivity index (χ0v) is 22.6. The summed E-state index contributed by atoms with van der Waals surface area (Å²) in [7, 11) is 0. The van der Waals surface area contributed by atoms with Gasteiger partial charge in [-0.05, 0) is 25.2 Å². The molecule has 3 heterocycles.